The highest BCUT2D eigenvalue weighted by Gasteiger charge is 2.49. The van der Waals surface area contributed by atoms with Crippen molar-refractivity contribution in [3.05, 3.63) is 24.6 Å². The lowest BCUT2D eigenvalue weighted by atomic mass is 10.1. The van der Waals surface area contributed by atoms with E-state index in [9.17, 15) is 19.4 Å². The number of aliphatic hydroxyl groups is 2. The Bertz CT molecular complexity index is 388. The first-order valence-corrected chi connectivity index (χ1v) is 5.61. The Morgan fingerprint density at radius 2 is 2.16 bits per heavy atom. The molecule has 1 aliphatic heterocycles. The molecule has 0 radical (unpaired) electrons. The second-order valence-electron chi connectivity index (χ2n) is 4.30. The van der Waals surface area contributed by atoms with Gasteiger partial charge in [-0.05, 0) is 13.0 Å². The first kappa shape index (κ1) is 15.4. The van der Waals surface area contributed by atoms with Gasteiger partial charge in [0.15, 0.2) is 12.4 Å². The summed E-state index contributed by atoms with van der Waals surface area (Å²) in [4.78, 5) is 12.0. The van der Waals surface area contributed by atoms with Crippen molar-refractivity contribution in [2.45, 2.75) is 37.6 Å². The summed E-state index contributed by atoms with van der Waals surface area (Å²) in [5, 5.41) is 19.0. The number of ether oxygens (including phenoxy) is 1. The van der Waals surface area contributed by atoms with Crippen molar-refractivity contribution in [2.24, 2.45) is 11.5 Å². The molecule has 2 amide bonds. The molecular weight excluding hydrogens is 257 g/mol. The van der Waals surface area contributed by atoms with E-state index in [-0.39, 0.29) is 5.70 Å². The number of halogens is 1. The lowest BCUT2D eigenvalue weighted by molar-refractivity contribution is -0.0832. The summed E-state index contributed by atoms with van der Waals surface area (Å²) in [5.74, 6) is 0. The summed E-state index contributed by atoms with van der Waals surface area (Å²) in [6.07, 6.45) is -4.77. The maximum atomic E-state index is 13.9. The molecule has 1 saturated heterocycles. The average Bonchev–Trinajstić information content (AvgIpc) is 2.57. The van der Waals surface area contributed by atoms with Gasteiger partial charge < -0.3 is 26.4 Å². The second-order valence-corrected chi connectivity index (χ2v) is 4.30. The topological polar surface area (TPSA) is 122 Å². The molecule has 5 atom stereocenters. The fraction of sp³-hybridized carbons (Fsp3) is 0.545. The molecule has 0 bridgehead atoms. The molecular formula is C11H18FN3O4. The third-order valence-electron chi connectivity index (χ3n) is 2.69. The van der Waals surface area contributed by atoms with E-state index in [1.807, 2.05) is 0 Å². The zero-order valence-electron chi connectivity index (χ0n) is 10.4. The van der Waals surface area contributed by atoms with Crippen molar-refractivity contribution in [1.29, 1.82) is 0 Å². The molecule has 7 nitrogen and oxygen atoms in total. The van der Waals surface area contributed by atoms with Gasteiger partial charge in [0.05, 0.1) is 6.10 Å². The van der Waals surface area contributed by atoms with E-state index in [1.54, 1.807) is 0 Å². The van der Waals surface area contributed by atoms with Crippen molar-refractivity contribution in [3.8, 4) is 0 Å². The quantitative estimate of drug-likeness (QED) is 0.498. The van der Waals surface area contributed by atoms with Crippen LogP contribution in [0.25, 0.3) is 0 Å². The van der Waals surface area contributed by atoms with Gasteiger partial charge in [-0.1, -0.05) is 6.58 Å². The van der Waals surface area contributed by atoms with Crippen LogP contribution in [0, 0.1) is 0 Å². The van der Waals surface area contributed by atoms with Crippen LogP contribution in [0.5, 0.6) is 0 Å². The van der Waals surface area contributed by atoms with Crippen LogP contribution in [0.3, 0.4) is 0 Å². The second kappa shape index (κ2) is 6.00. The number of hydrogen-bond donors (Lipinski definition) is 4. The van der Waals surface area contributed by atoms with Crippen molar-refractivity contribution < 1.29 is 24.1 Å². The Balaban J connectivity index is 2.92. The third-order valence-corrected chi connectivity index (χ3v) is 2.69. The van der Waals surface area contributed by atoms with Crippen LogP contribution in [0.15, 0.2) is 24.6 Å². The summed E-state index contributed by atoms with van der Waals surface area (Å²) >= 11 is 0. The first-order valence-electron chi connectivity index (χ1n) is 5.61. The van der Waals surface area contributed by atoms with Crippen molar-refractivity contribution in [3.63, 3.8) is 0 Å². The van der Waals surface area contributed by atoms with E-state index < -0.39 is 36.7 Å². The number of rotatable bonds is 4. The van der Waals surface area contributed by atoms with Gasteiger partial charge in [-0.25, -0.2) is 9.18 Å². The van der Waals surface area contributed by atoms with Gasteiger partial charge in [0.2, 0.25) is 0 Å². The first-order chi connectivity index (χ1) is 8.75. The zero-order chi connectivity index (χ0) is 14.7. The van der Waals surface area contributed by atoms with Gasteiger partial charge in [-0.15, -0.1) is 0 Å². The summed E-state index contributed by atoms with van der Waals surface area (Å²) in [5.41, 5.74) is 10.5. The molecule has 0 saturated carbocycles. The third kappa shape index (κ3) is 3.43. The number of hydrogen-bond acceptors (Lipinski definition) is 5. The predicted octanol–water partition coefficient (Wildman–Crippen LogP) is -0.842. The van der Waals surface area contributed by atoms with Crippen molar-refractivity contribution in [2.75, 3.05) is 0 Å². The number of nitrogens with two attached hydrogens (primary N) is 2. The lowest BCUT2D eigenvalue weighted by Crippen LogP contribution is -2.45. The van der Waals surface area contributed by atoms with Gasteiger partial charge in [0.1, 0.15) is 12.2 Å². The van der Waals surface area contributed by atoms with Crippen molar-refractivity contribution >= 4 is 6.03 Å². The number of amides is 2. The summed E-state index contributed by atoms with van der Waals surface area (Å²) in [6.45, 7) is 4.72. The van der Waals surface area contributed by atoms with Crippen LogP contribution in [-0.2, 0) is 4.74 Å². The summed E-state index contributed by atoms with van der Waals surface area (Å²) in [7, 11) is 0. The Morgan fingerprint density at radius 1 is 1.58 bits per heavy atom. The minimum absolute atomic E-state index is 0.132. The zero-order valence-corrected chi connectivity index (χ0v) is 10.4. The van der Waals surface area contributed by atoms with Gasteiger partial charge in [0, 0.05) is 11.9 Å². The Hall–Kier alpha value is -1.64. The molecule has 0 aromatic rings. The number of aliphatic hydroxyl groups excluding tert-OH is 2. The number of urea groups is 1. The van der Waals surface area contributed by atoms with E-state index in [4.69, 9.17) is 16.2 Å². The molecule has 19 heavy (non-hydrogen) atoms. The smallest absolute Gasteiger partial charge is 0.321 e. The molecule has 0 spiro atoms. The molecule has 0 aliphatic carbocycles. The minimum Gasteiger partial charge on any atom is -0.399 e. The predicted molar refractivity (Wildman–Crippen MR) is 65.1 cm³/mol. The van der Waals surface area contributed by atoms with Crippen LogP contribution >= 0.6 is 0 Å². The van der Waals surface area contributed by atoms with Crippen LogP contribution in [0.1, 0.15) is 6.92 Å². The molecule has 0 unspecified atom stereocenters. The highest BCUT2D eigenvalue weighted by Crippen LogP contribution is 2.28. The number of nitrogens with zero attached hydrogens (tertiary/aromatic N) is 1. The van der Waals surface area contributed by atoms with Gasteiger partial charge >= 0.3 is 6.03 Å². The molecule has 6 N–H and O–H groups in total. The fourth-order valence-electron chi connectivity index (χ4n) is 1.74. The summed E-state index contributed by atoms with van der Waals surface area (Å²) < 4.78 is 19.0. The van der Waals surface area contributed by atoms with Gasteiger partial charge in [0.25, 0.3) is 0 Å². The number of allylic oxidation sites excluding steroid dienone is 1. The largest absolute Gasteiger partial charge is 0.399 e. The number of carbonyl (C=O) groups is 1. The van der Waals surface area contributed by atoms with Gasteiger partial charge in [-0.3, -0.25) is 4.90 Å². The number of alkyl halides is 1. The number of primary amides is 1. The molecule has 1 aliphatic rings. The molecule has 0 aromatic heterocycles. The molecule has 1 rings (SSSR count). The van der Waals surface area contributed by atoms with E-state index in [1.165, 1.54) is 13.0 Å². The molecule has 8 heteroatoms. The number of carbonyl (C=O) groups excluding carboxylic acids is 1. The van der Waals surface area contributed by atoms with E-state index >= 15 is 0 Å². The molecule has 0 aromatic carbocycles. The van der Waals surface area contributed by atoms with E-state index in [0.29, 0.717) is 0 Å². The normalized spacial score (nSPS) is 32.4. The lowest BCUT2D eigenvalue weighted by Gasteiger charge is -2.24. The highest BCUT2D eigenvalue weighted by atomic mass is 19.1. The monoisotopic (exact) mass is 275 g/mol. The fourth-order valence-corrected chi connectivity index (χ4v) is 1.74. The Morgan fingerprint density at radius 3 is 2.53 bits per heavy atom. The van der Waals surface area contributed by atoms with Crippen LogP contribution < -0.4 is 11.5 Å². The molecule has 1 fully saturated rings. The minimum atomic E-state index is -1.90. The Kier molecular flexibility index (Phi) is 4.87. The summed E-state index contributed by atoms with van der Waals surface area (Å²) in [6, 6.07) is -0.983. The standard InChI is InChI=1S/C11H18FN3O4/c1-5(13)3-4-15(11(14)18)10-7(12)8(17)9(19-10)6(2)16/h3-4,6-10,16-17H,1,13H2,2H3,(H2,14,18)/b4-3-/t6-,7-,8+,9-,10-/m1/s1. The van der Waals surface area contributed by atoms with Crippen LogP contribution in [0.2, 0.25) is 0 Å². The highest BCUT2D eigenvalue weighted by molar-refractivity contribution is 5.73. The Labute approximate surface area is 109 Å². The van der Waals surface area contributed by atoms with Gasteiger partial charge in [-0.2, -0.15) is 0 Å². The van der Waals surface area contributed by atoms with Crippen molar-refractivity contribution in [1.82, 2.24) is 4.90 Å². The SMILES string of the molecule is C=C(N)/C=C\N(C(N)=O)[C@@H]1O[C@H]([C@@H](C)O)[C@@H](O)[C@H]1F. The van der Waals surface area contributed by atoms with E-state index in [2.05, 4.69) is 6.58 Å². The maximum Gasteiger partial charge on any atom is 0.321 e. The molecule has 108 valence electrons. The van der Waals surface area contributed by atoms with Crippen LogP contribution in [-0.4, -0.2) is 51.9 Å². The van der Waals surface area contributed by atoms with E-state index in [0.717, 1.165) is 11.1 Å². The average molecular weight is 275 g/mol. The molecule has 1 heterocycles. The maximum absolute atomic E-state index is 13.9. The van der Waals surface area contributed by atoms with Crippen LogP contribution in [0.4, 0.5) is 9.18 Å².